The van der Waals surface area contributed by atoms with Crippen molar-refractivity contribution in [1.82, 2.24) is 4.90 Å². The third-order valence-electron chi connectivity index (χ3n) is 7.17. The van der Waals surface area contributed by atoms with Crippen molar-refractivity contribution in [1.29, 1.82) is 0 Å². The van der Waals surface area contributed by atoms with Crippen molar-refractivity contribution < 1.29 is 24.3 Å². The molecule has 3 aliphatic carbocycles. The highest BCUT2D eigenvalue weighted by Crippen LogP contribution is 2.56. The first-order chi connectivity index (χ1) is 15.7. The van der Waals surface area contributed by atoms with Gasteiger partial charge < -0.3 is 5.11 Å². The zero-order valence-corrected chi connectivity index (χ0v) is 20.1. The van der Waals surface area contributed by atoms with Crippen molar-refractivity contribution in [3.63, 3.8) is 0 Å². The Morgan fingerprint density at radius 2 is 1.91 bits per heavy atom. The molecule has 5 rings (SSSR count). The van der Waals surface area contributed by atoms with E-state index in [1.165, 1.54) is 17.0 Å². The standard InChI is InChI=1S/C25H21BrClNO5/c1-2-7-28-24(32)13-5-4-12-14(21(13)25(28)33)9-16-22(19(30)10-17(26)23(16)31)20(12)15-8-11(27)3-6-18(15)29/h3-4,6,8,10,13-14,20-21,29H,2,5,7,9H2,1H3/t13-,14+,20+,21-/m0/s1. The second kappa shape index (κ2) is 8.06. The van der Waals surface area contributed by atoms with Gasteiger partial charge in [-0.2, -0.15) is 0 Å². The number of allylic oxidation sites excluding steroid dienone is 6. The van der Waals surface area contributed by atoms with Gasteiger partial charge in [0.15, 0.2) is 11.6 Å². The summed E-state index contributed by atoms with van der Waals surface area (Å²) < 4.78 is 0.168. The highest BCUT2D eigenvalue weighted by Gasteiger charge is 2.56. The molecule has 0 aromatic heterocycles. The van der Waals surface area contributed by atoms with Crippen molar-refractivity contribution in [2.45, 2.75) is 32.1 Å². The summed E-state index contributed by atoms with van der Waals surface area (Å²) in [5.41, 5.74) is 1.85. The number of likely N-dealkylation sites (tertiary alicyclic amines) is 1. The fourth-order valence-corrected chi connectivity index (χ4v) is 6.46. The molecular formula is C25H21BrClNO5. The van der Waals surface area contributed by atoms with Crippen LogP contribution in [0.1, 0.15) is 37.7 Å². The van der Waals surface area contributed by atoms with Crippen molar-refractivity contribution in [2.24, 2.45) is 17.8 Å². The van der Waals surface area contributed by atoms with E-state index in [-0.39, 0.29) is 40.0 Å². The Balaban J connectivity index is 1.70. The third kappa shape index (κ3) is 3.28. The number of halogens is 2. The number of phenols is 1. The molecule has 2 amide bonds. The molecule has 0 saturated carbocycles. The van der Waals surface area contributed by atoms with Crippen LogP contribution in [0, 0.1) is 17.8 Å². The molecule has 0 bridgehead atoms. The molecule has 170 valence electrons. The number of fused-ring (bicyclic) bond motifs is 3. The second-order valence-electron chi connectivity index (χ2n) is 8.92. The molecule has 0 unspecified atom stereocenters. The van der Waals surface area contributed by atoms with Gasteiger partial charge in [0.05, 0.1) is 16.3 Å². The van der Waals surface area contributed by atoms with Gasteiger partial charge in [0, 0.05) is 40.3 Å². The maximum atomic E-state index is 13.3. The van der Waals surface area contributed by atoms with Crippen molar-refractivity contribution in [3.05, 3.63) is 62.1 Å². The number of carbonyl (C=O) groups is 4. The zero-order valence-electron chi connectivity index (χ0n) is 17.8. The van der Waals surface area contributed by atoms with Gasteiger partial charge in [-0.25, -0.2) is 0 Å². The number of phenolic OH excluding ortho intramolecular Hbond substituents is 1. The number of Topliss-reactive ketones (excluding diaryl/α,β-unsaturated/α-hetero) is 1. The number of rotatable bonds is 3. The lowest BCUT2D eigenvalue weighted by molar-refractivity contribution is -0.140. The van der Waals surface area contributed by atoms with E-state index < -0.39 is 23.7 Å². The summed E-state index contributed by atoms with van der Waals surface area (Å²) >= 11 is 9.43. The second-order valence-corrected chi connectivity index (χ2v) is 10.2. The van der Waals surface area contributed by atoms with Crippen LogP contribution in [-0.2, 0) is 19.2 Å². The fraction of sp³-hybridized carbons (Fsp3) is 0.360. The summed E-state index contributed by atoms with van der Waals surface area (Å²) in [6, 6.07) is 4.60. The maximum Gasteiger partial charge on any atom is 0.233 e. The molecule has 1 aromatic carbocycles. The average Bonchev–Trinajstić information content (AvgIpc) is 3.03. The van der Waals surface area contributed by atoms with E-state index in [0.29, 0.717) is 41.1 Å². The zero-order chi connectivity index (χ0) is 23.6. The predicted octanol–water partition coefficient (Wildman–Crippen LogP) is 4.22. The molecular weight excluding hydrogens is 510 g/mol. The van der Waals surface area contributed by atoms with E-state index in [4.69, 9.17) is 11.6 Å². The normalized spacial score (nSPS) is 29.0. The Hall–Kier alpha value is -2.51. The Kier molecular flexibility index (Phi) is 5.45. The minimum absolute atomic E-state index is 0.0461. The first-order valence-electron chi connectivity index (χ1n) is 11.0. The first-order valence-corrected chi connectivity index (χ1v) is 12.1. The van der Waals surface area contributed by atoms with E-state index >= 15 is 0 Å². The summed E-state index contributed by atoms with van der Waals surface area (Å²) in [7, 11) is 0. The van der Waals surface area contributed by atoms with E-state index in [1.54, 1.807) is 12.1 Å². The molecule has 4 aliphatic rings. The van der Waals surface area contributed by atoms with Crippen molar-refractivity contribution in [3.8, 4) is 5.75 Å². The molecule has 6 nitrogen and oxygen atoms in total. The Morgan fingerprint density at radius 1 is 1.15 bits per heavy atom. The quantitative estimate of drug-likeness (QED) is 0.359. The number of nitrogens with zero attached hydrogens (tertiary/aromatic N) is 1. The molecule has 0 spiro atoms. The highest BCUT2D eigenvalue weighted by molar-refractivity contribution is 9.12. The van der Waals surface area contributed by atoms with E-state index in [2.05, 4.69) is 15.9 Å². The lowest BCUT2D eigenvalue weighted by Gasteiger charge is -2.42. The van der Waals surface area contributed by atoms with Crippen LogP contribution in [0.15, 0.2) is 51.6 Å². The first kappa shape index (κ1) is 22.3. The molecule has 0 radical (unpaired) electrons. The number of imide groups is 1. The lowest BCUT2D eigenvalue weighted by atomic mass is 9.59. The van der Waals surface area contributed by atoms with Crippen LogP contribution in [0.25, 0.3) is 0 Å². The Bertz CT molecular complexity index is 1230. The molecule has 4 atom stereocenters. The monoisotopic (exact) mass is 529 g/mol. The minimum atomic E-state index is -0.713. The molecule has 33 heavy (non-hydrogen) atoms. The number of carbonyl (C=O) groups excluding carboxylic acids is 4. The number of amides is 2. The number of hydrogen-bond donors (Lipinski definition) is 1. The number of ketones is 2. The van der Waals surface area contributed by atoms with Gasteiger partial charge in [-0.15, -0.1) is 0 Å². The van der Waals surface area contributed by atoms with Crippen LogP contribution in [0.5, 0.6) is 5.75 Å². The summed E-state index contributed by atoms with van der Waals surface area (Å²) in [5, 5.41) is 11.1. The minimum Gasteiger partial charge on any atom is -0.508 e. The summed E-state index contributed by atoms with van der Waals surface area (Å²) in [5.74, 6) is -3.25. The molecule has 1 heterocycles. The van der Waals surface area contributed by atoms with E-state index in [9.17, 15) is 24.3 Å². The smallest absolute Gasteiger partial charge is 0.233 e. The van der Waals surface area contributed by atoms with Gasteiger partial charge in [-0.05, 0) is 59.3 Å². The van der Waals surface area contributed by atoms with Gasteiger partial charge in [-0.3, -0.25) is 24.1 Å². The predicted molar refractivity (Wildman–Crippen MR) is 125 cm³/mol. The van der Waals surface area contributed by atoms with Crippen LogP contribution in [0.2, 0.25) is 5.02 Å². The SMILES string of the molecule is CCCN1C(=O)[C@H]2[C@H](CC=C3[C@H](c4cc(Cl)ccc4O)C4=C(C[C@H]32)C(=O)C(Br)=CC4=O)C1=O. The molecule has 1 fully saturated rings. The molecule has 1 N–H and O–H groups in total. The van der Waals surface area contributed by atoms with Gasteiger partial charge >= 0.3 is 0 Å². The number of aromatic hydroxyl groups is 1. The van der Waals surface area contributed by atoms with Gasteiger partial charge in [0.2, 0.25) is 11.8 Å². The largest absolute Gasteiger partial charge is 0.508 e. The number of hydrogen-bond acceptors (Lipinski definition) is 5. The lowest BCUT2D eigenvalue weighted by Crippen LogP contribution is -2.39. The topological polar surface area (TPSA) is 91.8 Å². The third-order valence-corrected chi connectivity index (χ3v) is 7.99. The molecule has 1 aliphatic heterocycles. The van der Waals surface area contributed by atoms with Crippen molar-refractivity contribution >= 4 is 50.9 Å². The van der Waals surface area contributed by atoms with Crippen molar-refractivity contribution in [2.75, 3.05) is 6.54 Å². The van der Waals surface area contributed by atoms with Crippen LogP contribution in [0.3, 0.4) is 0 Å². The van der Waals surface area contributed by atoms with E-state index in [0.717, 1.165) is 5.57 Å². The van der Waals surface area contributed by atoms with Gasteiger partial charge in [0.25, 0.3) is 0 Å². The van der Waals surface area contributed by atoms with Crippen LogP contribution in [-0.4, -0.2) is 39.9 Å². The average molecular weight is 531 g/mol. The Morgan fingerprint density at radius 3 is 2.64 bits per heavy atom. The highest BCUT2D eigenvalue weighted by atomic mass is 79.9. The van der Waals surface area contributed by atoms with Gasteiger partial charge in [-0.1, -0.05) is 30.2 Å². The number of benzene rings is 1. The summed E-state index contributed by atoms with van der Waals surface area (Å²) in [6.07, 6.45) is 4.43. The van der Waals surface area contributed by atoms with Gasteiger partial charge in [0.1, 0.15) is 5.75 Å². The molecule has 8 heteroatoms. The van der Waals surface area contributed by atoms with E-state index in [1.807, 2.05) is 13.0 Å². The van der Waals surface area contributed by atoms with Crippen LogP contribution < -0.4 is 0 Å². The maximum absolute atomic E-state index is 13.3. The summed E-state index contributed by atoms with van der Waals surface area (Å²) in [6.45, 7) is 2.28. The van der Waals surface area contributed by atoms with Crippen LogP contribution in [0.4, 0.5) is 0 Å². The van der Waals surface area contributed by atoms with Crippen LogP contribution >= 0.6 is 27.5 Å². The summed E-state index contributed by atoms with van der Waals surface area (Å²) in [4.78, 5) is 53.9. The fourth-order valence-electron chi connectivity index (χ4n) is 5.83. The Labute approximate surface area is 204 Å². The molecule has 1 saturated heterocycles. The molecule has 1 aromatic rings.